The lowest BCUT2D eigenvalue weighted by molar-refractivity contribution is 0.414. The van der Waals surface area contributed by atoms with Gasteiger partial charge in [0.1, 0.15) is 11.5 Å². The van der Waals surface area contributed by atoms with Crippen molar-refractivity contribution in [2.24, 2.45) is 0 Å². The van der Waals surface area contributed by atoms with Gasteiger partial charge < -0.3 is 15.6 Å². The highest BCUT2D eigenvalue weighted by molar-refractivity contribution is 5.21. The van der Waals surface area contributed by atoms with E-state index in [-0.39, 0.29) is 6.15 Å². The number of hydrogen-bond donors (Lipinski definition) is 1. The Morgan fingerprint density at radius 2 is 0.882 bits per heavy atom. The molecule has 0 saturated carbocycles. The molecule has 0 unspecified atom stereocenters. The van der Waals surface area contributed by atoms with Crippen LogP contribution in [-0.4, -0.2) is 14.2 Å². The predicted molar refractivity (Wildman–Crippen MR) is 71.0 cm³/mol. The van der Waals surface area contributed by atoms with Crippen LogP contribution in [0, 0.1) is 0 Å². The second kappa shape index (κ2) is 9.24. The summed E-state index contributed by atoms with van der Waals surface area (Å²) in [5.41, 5.74) is 0. The Morgan fingerprint density at radius 3 is 1.06 bits per heavy atom. The zero-order valence-electron chi connectivity index (χ0n) is 10.3. The summed E-state index contributed by atoms with van der Waals surface area (Å²) < 4.78 is 9.83. The van der Waals surface area contributed by atoms with Crippen LogP contribution in [-0.2, 0) is 0 Å². The van der Waals surface area contributed by atoms with Gasteiger partial charge >= 0.3 is 0 Å². The minimum atomic E-state index is 0. The van der Waals surface area contributed by atoms with Crippen LogP contribution in [0.1, 0.15) is 0 Å². The van der Waals surface area contributed by atoms with Crippen molar-refractivity contribution >= 4 is 0 Å². The third kappa shape index (κ3) is 6.22. The van der Waals surface area contributed by atoms with Crippen molar-refractivity contribution in [2.45, 2.75) is 0 Å². The maximum absolute atomic E-state index is 4.91. The van der Waals surface area contributed by atoms with E-state index in [1.807, 2.05) is 60.7 Å². The third-order valence-electron chi connectivity index (χ3n) is 1.96. The molecule has 0 aliphatic heterocycles. The molecule has 92 valence electrons. The van der Waals surface area contributed by atoms with Gasteiger partial charge in [-0.1, -0.05) is 36.4 Å². The first-order valence-electron chi connectivity index (χ1n) is 5.05. The maximum Gasteiger partial charge on any atom is 0.118 e. The Balaban J connectivity index is 0.000000284. The molecule has 2 aromatic rings. The molecule has 17 heavy (non-hydrogen) atoms. The first kappa shape index (κ1) is 15.0. The zero-order chi connectivity index (χ0) is 11.6. The molecule has 3 heteroatoms. The van der Waals surface area contributed by atoms with E-state index in [1.165, 1.54) is 0 Å². The number of hydrogen-bond acceptors (Lipinski definition) is 3. The van der Waals surface area contributed by atoms with Crippen molar-refractivity contribution in [1.29, 1.82) is 0 Å². The van der Waals surface area contributed by atoms with Crippen LogP contribution in [0.2, 0.25) is 0 Å². The topological polar surface area (TPSA) is 53.5 Å². The van der Waals surface area contributed by atoms with E-state index in [9.17, 15) is 0 Å². The molecule has 3 N–H and O–H groups in total. The van der Waals surface area contributed by atoms with Crippen LogP contribution in [0.25, 0.3) is 0 Å². The molecule has 0 aliphatic carbocycles. The van der Waals surface area contributed by atoms with Crippen molar-refractivity contribution in [3.63, 3.8) is 0 Å². The lowest BCUT2D eigenvalue weighted by Gasteiger charge is -1.93. The highest BCUT2D eigenvalue weighted by atomic mass is 16.5. The highest BCUT2D eigenvalue weighted by Crippen LogP contribution is 2.06. The van der Waals surface area contributed by atoms with E-state index < -0.39 is 0 Å². The summed E-state index contributed by atoms with van der Waals surface area (Å²) >= 11 is 0. The highest BCUT2D eigenvalue weighted by Gasteiger charge is 1.80. The van der Waals surface area contributed by atoms with Gasteiger partial charge in [-0.15, -0.1) is 0 Å². The van der Waals surface area contributed by atoms with Crippen LogP contribution < -0.4 is 15.6 Å². The molecule has 0 atom stereocenters. The lowest BCUT2D eigenvalue weighted by atomic mass is 10.3. The summed E-state index contributed by atoms with van der Waals surface area (Å²) in [6.07, 6.45) is 0. The molecule has 3 nitrogen and oxygen atoms in total. The Labute approximate surface area is 103 Å². The van der Waals surface area contributed by atoms with E-state index in [1.54, 1.807) is 14.2 Å². The second-order valence-corrected chi connectivity index (χ2v) is 3.03. The van der Waals surface area contributed by atoms with Crippen LogP contribution >= 0.6 is 0 Å². The molecule has 0 amide bonds. The molecule has 0 heterocycles. The summed E-state index contributed by atoms with van der Waals surface area (Å²) in [5.74, 6) is 1.82. The molecule has 0 bridgehead atoms. The second-order valence-electron chi connectivity index (χ2n) is 3.03. The monoisotopic (exact) mass is 233 g/mol. The summed E-state index contributed by atoms with van der Waals surface area (Å²) in [5, 5.41) is 0. The van der Waals surface area contributed by atoms with Gasteiger partial charge in [0.2, 0.25) is 0 Å². The predicted octanol–water partition coefficient (Wildman–Crippen LogP) is 3.55. The molecule has 0 saturated heterocycles. The molecule has 0 aliphatic rings. The lowest BCUT2D eigenvalue weighted by Crippen LogP contribution is -1.78. The number of ether oxygens (including phenoxy) is 2. The van der Waals surface area contributed by atoms with Gasteiger partial charge in [0.15, 0.2) is 0 Å². The first-order valence-corrected chi connectivity index (χ1v) is 5.05. The molecule has 0 spiro atoms. The fourth-order valence-corrected chi connectivity index (χ4v) is 1.11. The molecule has 2 rings (SSSR count). The summed E-state index contributed by atoms with van der Waals surface area (Å²) in [6.45, 7) is 0. The Kier molecular flexibility index (Phi) is 8.15. The average Bonchev–Trinajstić information content (AvgIpc) is 2.41. The van der Waals surface area contributed by atoms with Crippen LogP contribution in [0.4, 0.5) is 0 Å². The van der Waals surface area contributed by atoms with E-state index in [2.05, 4.69) is 0 Å². The number of rotatable bonds is 2. The van der Waals surface area contributed by atoms with Gasteiger partial charge in [-0.3, -0.25) is 0 Å². The van der Waals surface area contributed by atoms with E-state index in [0.717, 1.165) is 11.5 Å². The quantitative estimate of drug-likeness (QED) is 0.863. The Bertz CT molecular complexity index is 336. The van der Waals surface area contributed by atoms with Gasteiger partial charge in [-0.25, -0.2) is 0 Å². The molecule has 0 radical (unpaired) electrons. The van der Waals surface area contributed by atoms with E-state index >= 15 is 0 Å². The van der Waals surface area contributed by atoms with Crippen molar-refractivity contribution in [1.82, 2.24) is 6.15 Å². The average molecular weight is 233 g/mol. The van der Waals surface area contributed by atoms with Crippen LogP contribution in [0.5, 0.6) is 11.5 Å². The van der Waals surface area contributed by atoms with Gasteiger partial charge in [0, 0.05) is 0 Å². The Hall–Kier alpha value is -2.00. The fraction of sp³-hybridized carbons (Fsp3) is 0.143. The van der Waals surface area contributed by atoms with Gasteiger partial charge in [-0.05, 0) is 24.3 Å². The van der Waals surface area contributed by atoms with Gasteiger partial charge in [0.25, 0.3) is 0 Å². The van der Waals surface area contributed by atoms with Crippen molar-refractivity contribution in [2.75, 3.05) is 14.2 Å². The standard InChI is InChI=1S/2C7H8O.H3N/c2*1-8-7-5-3-2-4-6-7;/h2*2-6H,1H3;1H3. The number of para-hydroxylation sites is 2. The van der Waals surface area contributed by atoms with Crippen LogP contribution in [0.3, 0.4) is 0 Å². The normalized spacial score (nSPS) is 8.12. The van der Waals surface area contributed by atoms with Crippen molar-refractivity contribution in [3.8, 4) is 11.5 Å². The largest absolute Gasteiger partial charge is 0.497 e. The first-order chi connectivity index (χ1) is 7.86. The minimum absolute atomic E-state index is 0. The molecule has 2 aromatic carbocycles. The molecular formula is C14H19NO2. The molecule has 0 fully saturated rings. The zero-order valence-corrected chi connectivity index (χ0v) is 10.3. The summed E-state index contributed by atoms with van der Waals surface area (Å²) in [7, 11) is 3.32. The summed E-state index contributed by atoms with van der Waals surface area (Å²) in [4.78, 5) is 0. The van der Waals surface area contributed by atoms with Crippen molar-refractivity contribution in [3.05, 3.63) is 60.7 Å². The van der Waals surface area contributed by atoms with Crippen LogP contribution in [0.15, 0.2) is 60.7 Å². The molecule has 0 aromatic heterocycles. The smallest absolute Gasteiger partial charge is 0.118 e. The molecular weight excluding hydrogens is 214 g/mol. The fourth-order valence-electron chi connectivity index (χ4n) is 1.11. The van der Waals surface area contributed by atoms with Gasteiger partial charge in [0.05, 0.1) is 14.2 Å². The SMILES string of the molecule is COc1ccccc1.COc1ccccc1.N. The minimum Gasteiger partial charge on any atom is -0.497 e. The van der Waals surface area contributed by atoms with E-state index in [4.69, 9.17) is 9.47 Å². The summed E-state index contributed by atoms with van der Waals surface area (Å²) in [6, 6.07) is 19.4. The number of methoxy groups -OCH3 is 2. The van der Waals surface area contributed by atoms with Gasteiger partial charge in [-0.2, -0.15) is 0 Å². The van der Waals surface area contributed by atoms with Crippen molar-refractivity contribution < 1.29 is 9.47 Å². The maximum atomic E-state index is 4.91. The third-order valence-corrected chi connectivity index (χ3v) is 1.96. The number of benzene rings is 2. The van der Waals surface area contributed by atoms with E-state index in [0.29, 0.717) is 0 Å². The Morgan fingerprint density at radius 1 is 0.588 bits per heavy atom.